The molecule has 174 valence electrons. The average Bonchev–Trinajstić information content (AvgIpc) is 3.61. The molecule has 0 saturated heterocycles. The Morgan fingerprint density at radius 1 is 1.03 bits per heavy atom. The van der Waals surface area contributed by atoms with Crippen molar-refractivity contribution in [1.29, 1.82) is 0 Å². The van der Waals surface area contributed by atoms with Crippen molar-refractivity contribution in [1.82, 2.24) is 30.6 Å². The van der Waals surface area contributed by atoms with Crippen LogP contribution in [-0.2, 0) is 0 Å². The maximum atomic E-state index is 13.3. The van der Waals surface area contributed by atoms with Gasteiger partial charge in [0.1, 0.15) is 5.58 Å². The summed E-state index contributed by atoms with van der Waals surface area (Å²) in [6.07, 6.45) is 3.74. The van der Waals surface area contributed by atoms with E-state index in [-0.39, 0.29) is 5.76 Å². The van der Waals surface area contributed by atoms with Crippen LogP contribution in [0.25, 0.3) is 27.8 Å². The first kappa shape index (κ1) is 21.0. The number of carbonyl (C=O) groups is 2. The summed E-state index contributed by atoms with van der Waals surface area (Å²) >= 11 is 0. The maximum Gasteiger partial charge on any atom is 0.305 e. The molecule has 0 aliphatic heterocycles. The molecule has 9 nitrogen and oxygen atoms in total. The number of para-hydroxylation sites is 1. The molecule has 1 saturated carbocycles. The van der Waals surface area contributed by atoms with Gasteiger partial charge in [0, 0.05) is 28.8 Å². The normalized spacial score (nSPS) is 13.3. The number of aromatic nitrogens is 4. The van der Waals surface area contributed by atoms with Gasteiger partial charge in [0.2, 0.25) is 0 Å². The quantitative estimate of drug-likeness (QED) is 0.385. The van der Waals surface area contributed by atoms with Gasteiger partial charge < -0.3 is 4.42 Å². The van der Waals surface area contributed by atoms with Crippen LogP contribution in [0.3, 0.4) is 0 Å². The highest BCUT2D eigenvalue weighted by atomic mass is 16.3. The molecule has 35 heavy (non-hydrogen) atoms. The molecule has 1 fully saturated rings. The minimum absolute atomic E-state index is 0.157. The first-order chi connectivity index (χ1) is 17.0. The van der Waals surface area contributed by atoms with E-state index in [0.29, 0.717) is 45.2 Å². The summed E-state index contributed by atoms with van der Waals surface area (Å²) in [7, 11) is 0. The predicted octanol–water partition coefficient (Wildman–Crippen LogP) is 4.13. The lowest BCUT2D eigenvalue weighted by Gasteiger charge is -2.10. The molecule has 0 spiro atoms. The Labute approximate surface area is 200 Å². The van der Waals surface area contributed by atoms with Crippen LogP contribution in [0, 0.1) is 13.8 Å². The van der Waals surface area contributed by atoms with E-state index < -0.39 is 11.8 Å². The van der Waals surface area contributed by atoms with Gasteiger partial charge in [-0.3, -0.25) is 20.4 Å². The number of pyridine rings is 2. The molecule has 0 bridgehead atoms. The van der Waals surface area contributed by atoms with Crippen LogP contribution in [0.5, 0.6) is 0 Å². The fraction of sp³-hybridized carbons (Fsp3) is 0.192. The molecule has 4 heterocycles. The van der Waals surface area contributed by atoms with Gasteiger partial charge in [-0.1, -0.05) is 24.3 Å². The highest BCUT2D eigenvalue weighted by Crippen LogP contribution is 2.40. The van der Waals surface area contributed by atoms with Gasteiger partial charge in [-0.2, -0.15) is 9.78 Å². The number of carbonyl (C=O) groups excluding carboxylic acids is 2. The molecule has 9 heteroatoms. The Kier molecular flexibility index (Phi) is 4.84. The summed E-state index contributed by atoms with van der Waals surface area (Å²) in [6, 6.07) is 14.8. The Bertz CT molecular complexity index is 1610. The highest BCUT2D eigenvalue weighted by Gasteiger charge is 2.29. The number of nitrogens with one attached hydrogen (secondary N) is 2. The van der Waals surface area contributed by atoms with Crippen LogP contribution >= 0.6 is 0 Å². The molecule has 0 radical (unpaired) electrons. The van der Waals surface area contributed by atoms with E-state index in [4.69, 9.17) is 9.40 Å². The first-order valence-corrected chi connectivity index (χ1v) is 11.4. The van der Waals surface area contributed by atoms with Crippen molar-refractivity contribution >= 4 is 33.8 Å². The van der Waals surface area contributed by atoms with E-state index in [1.54, 1.807) is 23.0 Å². The number of amides is 2. The number of fused-ring (bicyclic) bond motifs is 2. The number of benzene rings is 1. The minimum atomic E-state index is -0.527. The van der Waals surface area contributed by atoms with Gasteiger partial charge in [-0.15, -0.1) is 0 Å². The van der Waals surface area contributed by atoms with Crippen LogP contribution in [0.1, 0.15) is 56.6 Å². The molecule has 6 rings (SSSR count). The molecule has 1 aliphatic rings. The Balaban J connectivity index is 1.34. The monoisotopic (exact) mass is 466 g/mol. The topological polar surface area (TPSA) is 115 Å². The molecular formula is C26H22N6O3. The molecule has 2 amide bonds. The van der Waals surface area contributed by atoms with Crippen molar-refractivity contribution in [3.63, 3.8) is 0 Å². The zero-order chi connectivity index (χ0) is 24.1. The molecular weight excluding hydrogens is 444 g/mol. The molecule has 2 N–H and O–H groups in total. The zero-order valence-corrected chi connectivity index (χ0v) is 19.2. The number of hydrogen-bond acceptors (Lipinski definition) is 6. The molecule has 1 aromatic carbocycles. The van der Waals surface area contributed by atoms with Crippen LogP contribution < -0.4 is 10.9 Å². The highest BCUT2D eigenvalue weighted by molar-refractivity contribution is 6.08. The van der Waals surface area contributed by atoms with E-state index in [9.17, 15) is 9.59 Å². The van der Waals surface area contributed by atoms with E-state index >= 15 is 0 Å². The molecule has 4 aromatic heterocycles. The number of hydrazine groups is 1. The average molecular weight is 467 g/mol. The number of aryl methyl sites for hydroxylation is 2. The van der Waals surface area contributed by atoms with Crippen molar-refractivity contribution in [3.8, 4) is 5.82 Å². The van der Waals surface area contributed by atoms with Gasteiger partial charge in [-0.25, -0.2) is 9.97 Å². The summed E-state index contributed by atoms with van der Waals surface area (Å²) in [5.41, 5.74) is 8.81. The van der Waals surface area contributed by atoms with Crippen molar-refractivity contribution in [2.24, 2.45) is 0 Å². The molecule has 0 unspecified atom stereocenters. The van der Waals surface area contributed by atoms with E-state index in [2.05, 4.69) is 20.9 Å². The smallest absolute Gasteiger partial charge is 0.305 e. The molecule has 5 aromatic rings. The molecule has 1 aliphatic carbocycles. The second-order valence-corrected chi connectivity index (χ2v) is 8.71. The van der Waals surface area contributed by atoms with Gasteiger partial charge in [-0.05, 0) is 51.0 Å². The number of hydrogen-bond donors (Lipinski definition) is 2. The van der Waals surface area contributed by atoms with E-state index in [0.717, 1.165) is 23.9 Å². The lowest BCUT2D eigenvalue weighted by atomic mass is 10.1. The predicted molar refractivity (Wildman–Crippen MR) is 129 cm³/mol. The van der Waals surface area contributed by atoms with E-state index in [1.165, 1.54) is 0 Å². The van der Waals surface area contributed by atoms with E-state index in [1.807, 2.05) is 50.2 Å². The van der Waals surface area contributed by atoms with Crippen molar-refractivity contribution in [2.75, 3.05) is 0 Å². The summed E-state index contributed by atoms with van der Waals surface area (Å²) in [6.45, 7) is 3.64. The summed E-state index contributed by atoms with van der Waals surface area (Å²) < 4.78 is 7.36. The third kappa shape index (κ3) is 3.61. The Hall–Kier alpha value is -4.53. The SMILES string of the molecule is Cc1c(C(=O)NNC(=O)c2cc(C3CC3)nc3c2c(C)nn3-c2ccccn2)oc2ccccc12. The van der Waals surface area contributed by atoms with Crippen molar-refractivity contribution in [2.45, 2.75) is 32.6 Å². The van der Waals surface area contributed by atoms with Crippen LogP contribution in [0.2, 0.25) is 0 Å². The van der Waals surface area contributed by atoms with Crippen molar-refractivity contribution in [3.05, 3.63) is 83.0 Å². The Morgan fingerprint density at radius 2 is 1.80 bits per heavy atom. The number of nitrogens with zero attached hydrogens (tertiary/aromatic N) is 4. The second-order valence-electron chi connectivity index (χ2n) is 8.71. The largest absolute Gasteiger partial charge is 0.451 e. The lowest BCUT2D eigenvalue weighted by Crippen LogP contribution is -2.41. The summed E-state index contributed by atoms with van der Waals surface area (Å²) in [4.78, 5) is 35.4. The fourth-order valence-electron chi connectivity index (χ4n) is 4.34. The molecule has 0 atom stereocenters. The summed E-state index contributed by atoms with van der Waals surface area (Å²) in [5, 5.41) is 6.08. The Morgan fingerprint density at radius 3 is 2.54 bits per heavy atom. The third-order valence-electron chi connectivity index (χ3n) is 6.28. The van der Waals surface area contributed by atoms with Gasteiger partial charge in [0.25, 0.3) is 5.91 Å². The second kappa shape index (κ2) is 8.05. The minimum Gasteiger partial charge on any atom is -0.451 e. The van der Waals surface area contributed by atoms with Crippen LogP contribution in [0.15, 0.2) is 59.1 Å². The van der Waals surface area contributed by atoms with Gasteiger partial charge in [0.05, 0.1) is 16.6 Å². The zero-order valence-electron chi connectivity index (χ0n) is 19.2. The third-order valence-corrected chi connectivity index (χ3v) is 6.28. The van der Waals surface area contributed by atoms with Crippen LogP contribution in [-0.4, -0.2) is 31.6 Å². The lowest BCUT2D eigenvalue weighted by molar-refractivity contribution is 0.0832. The van der Waals surface area contributed by atoms with Gasteiger partial charge in [0.15, 0.2) is 17.2 Å². The number of rotatable bonds is 4. The number of furan rings is 1. The van der Waals surface area contributed by atoms with Crippen molar-refractivity contribution < 1.29 is 14.0 Å². The van der Waals surface area contributed by atoms with Crippen LogP contribution in [0.4, 0.5) is 0 Å². The standard InChI is InChI=1S/C26H22N6O3/c1-14-17-7-3-4-8-20(17)35-23(14)26(34)30-29-25(33)18-13-19(16-10-11-16)28-24-22(18)15(2)31-32(24)21-9-5-6-12-27-21/h3-9,12-13,16H,10-11H2,1-2H3,(H,29,33)(H,30,34). The fourth-order valence-corrected chi connectivity index (χ4v) is 4.34. The van der Waals surface area contributed by atoms with Gasteiger partial charge >= 0.3 is 5.91 Å². The first-order valence-electron chi connectivity index (χ1n) is 11.4. The maximum absolute atomic E-state index is 13.3. The summed E-state index contributed by atoms with van der Waals surface area (Å²) in [5.74, 6) is 0.104.